The van der Waals surface area contributed by atoms with Gasteiger partial charge in [0.25, 0.3) is 0 Å². The quantitative estimate of drug-likeness (QED) is 0.255. The molecule has 0 amide bonds. The van der Waals surface area contributed by atoms with Gasteiger partial charge in [0.05, 0.1) is 5.57 Å². The fourth-order valence-electron chi connectivity index (χ4n) is 0.719. The van der Waals surface area contributed by atoms with Crippen LogP contribution in [-0.4, -0.2) is 24.1 Å². The molecule has 2 N–H and O–H groups in total. The van der Waals surface area contributed by atoms with Crippen LogP contribution in [0.2, 0.25) is 0 Å². The van der Waals surface area contributed by atoms with E-state index in [1.54, 1.807) is 6.92 Å². The summed E-state index contributed by atoms with van der Waals surface area (Å²) >= 11 is 0. The maximum Gasteiger partial charge on any atom is 0.416 e. The molecule has 86 valence electrons. The summed E-state index contributed by atoms with van der Waals surface area (Å²) in [6.45, 7) is 5.82. The number of amidine groups is 1. The molecular formula is C9H14F3N3. The van der Waals surface area contributed by atoms with E-state index in [-0.39, 0.29) is 5.57 Å². The van der Waals surface area contributed by atoms with Crippen LogP contribution in [0.3, 0.4) is 0 Å². The van der Waals surface area contributed by atoms with Gasteiger partial charge in [-0.1, -0.05) is 6.58 Å². The monoisotopic (exact) mass is 221 g/mol. The van der Waals surface area contributed by atoms with E-state index < -0.39 is 11.7 Å². The highest BCUT2D eigenvalue weighted by Gasteiger charge is 2.32. The van der Waals surface area contributed by atoms with Gasteiger partial charge in [0.15, 0.2) is 0 Å². The smallest absolute Gasteiger partial charge is 0.275 e. The van der Waals surface area contributed by atoms with Gasteiger partial charge in [-0.05, 0) is 19.4 Å². The average Bonchev–Trinajstić information content (AvgIpc) is 2.13. The summed E-state index contributed by atoms with van der Waals surface area (Å²) in [4.78, 5) is 3.73. The maximum atomic E-state index is 12.2. The van der Waals surface area contributed by atoms with Crippen LogP contribution in [0.5, 0.6) is 0 Å². The van der Waals surface area contributed by atoms with E-state index in [0.717, 1.165) is 11.2 Å². The van der Waals surface area contributed by atoms with Crippen LogP contribution in [-0.2, 0) is 0 Å². The van der Waals surface area contributed by atoms with Crippen molar-refractivity contribution >= 4 is 5.84 Å². The molecule has 0 atom stereocenters. The van der Waals surface area contributed by atoms with Crippen molar-refractivity contribution in [1.82, 2.24) is 5.01 Å². The predicted molar refractivity (Wildman–Crippen MR) is 54.0 cm³/mol. The molecule has 15 heavy (non-hydrogen) atoms. The predicted octanol–water partition coefficient (Wildman–Crippen LogP) is 2.23. The number of nitrogens with two attached hydrogens (primary N) is 1. The third-order valence-electron chi connectivity index (χ3n) is 1.85. The number of allylic oxidation sites excluding steroid dienone is 2. The molecule has 0 bridgehead atoms. The summed E-state index contributed by atoms with van der Waals surface area (Å²) in [5, 5.41) is 1.02. The van der Waals surface area contributed by atoms with Gasteiger partial charge >= 0.3 is 6.18 Å². The molecule has 0 aromatic carbocycles. The molecule has 0 fully saturated rings. The third kappa shape index (κ3) is 4.16. The molecule has 0 aliphatic rings. The second-order valence-electron chi connectivity index (χ2n) is 2.97. The summed E-state index contributed by atoms with van der Waals surface area (Å²) in [5.74, 6) is 5.83. The van der Waals surface area contributed by atoms with Gasteiger partial charge in [0, 0.05) is 13.2 Å². The highest BCUT2D eigenvalue weighted by molar-refractivity contribution is 5.80. The number of hydrogen-bond donors (Lipinski definition) is 1. The molecule has 0 aromatic rings. The normalized spacial score (nSPS) is 14.1. The van der Waals surface area contributed by atoms with Gasteiger partial charge in [-0.3, -0.25) is 10.0 Å². The molecule has 0 aliphatic carbocycles. The van der Waals surface area contributed by atoms with Crippen molar-refractivity contribution in [3.8, 4) is 0 Å². The SMILES string of the molecule is C=C(/C(C)=C\N(N)/C(C)=N\C)C(F)(F)F. The average molecular weight is 221 g/mol. The van der Waals surface area contributed by atoms with Gasteiger partial charge in [0.2, 0.25) is 0 Å². The Balaban J connectivity index is 4.79. The summed E-state index contributed by atoms with van der Waals surface area (Å²) in [6, 6.07) is 0. The largest absolute Gasteiger partial charge is 0.416 e. The van der Waals surface area contributed by atoms with Gasteiger partial charge in [-0.15, -0.1) is 0 Å². The second kappa shape index (κ2) is 4.97. The van der Waals surface area contributed by atoms with E-state index in [0.29, 0.717) is 5.84 Å². The summed E-state index contributed by atoms with van der Waals surface area (Å²) in [7, 11) is 1.50. The lowest BCUT2D eigenvalue weighted by molar-refractivity contribution is -0.0890. The molecule has 0 saturated heterocycles. The van der Waals surface area contributed by atoms with Gasteiger partial charge in [-0.2, -0.15) is 13.2 Å². The van der Waals surface area contributed by atoms with Crippen molar-refractivity contribution in [1.29, 1.82) is 0 Å². The highest BCUT2D eigenvalue weighted by atomic mass is 19.4. The van der Waals surface area contributed by atoms with E-state index in [4.69, 9.17) is 5.84 Å². The second-order valence-corrected chi connectivity index (χ2v) is 2.97. The Kier molecular flexibility index (Phi) is 4.54. The molecular weight excluding hydrogens is 207 g/mol. The summed E-state index contributed by atoms with van der Waals surface area (Å²) in [5.41, 5.74) is -0.963. The number of hydrogen-bond acceptors (Lipinski definition) is 2. The summed E-state index contributed by atoms with van der Waals surface area (Å²) in [6.07, 6.45) is -3.29. The number of aliphatic imine (C=N–C) groups is 1. The molecule has 6 heteroatoms. The van der Waals surface area contributed by atoms with Crippen LogP contribution in [0.25, 0.3) is 0 Å². The minimum atomic E-state index is -4.43. The van der Waals surface area contributed by atoms with E-state index in [2.05, 4.69) is 11.6 Å². The van der Waals surface area contributed by atoms with Gasteiger partial charge in [0.1, 0.15) is 5.84 Å². The lowest BCUT2D eigenvalue weighted by Gasteiger charge is -2.16. The first-order valence-corrected chi connectivity index (χ1v) is 4.12. The summed E-state index contributed by atoms with van der Waals surface area (Å²) < 4.78 is 36.6. The highest BCUT2D eigenvalue weighted by Crippen LogP contribution is 2.29. The van der Waals surface area contributed by atoms with E-state index >= 15 is 0 Å². The lowest BCUT2D eigenvalue weighted by atomic mass is 10.1. The Morgan fingerprint density at radius 2 is 1.87 bits per heavy atom. The topological polar surface area (TPSA) is 41.6 Å². The standard InChI is InChI=1S/C9H14F3N3/c1-6(7(2)9(10,11)12)5-15(13)8(3)14-4/h5H,2,13H2,1,3-4H3/b6-5-,14-8-. The lowest BCUT2D eigenvalue weighted by Crippen LogP contribution is -2.31. The molecule has 0 aliphatic heterocycles. The molecule has 0 saturated carbocycles. The van der Waals surface area contributed by atoms with E-state index in [9.17, 15) is 13.2 Å². The van der Waals surface area contributed by atoms with E-state index in [1.165, 1.54) is 14.0 Å². The Morgan fingerprint density at radius 1 is 1.40 bits per heavy atom. The van der Waals surface area contributed by atoms with Crippen LogP contribution >= 0.6 is 0 Å². The van der Waals surface area contributed by atoms with Crippen molar-refractivity contribution in [2.45, 2.75) is 20.0 Å². The number of rotatable bonds is 2. The van der Waals surface area contributed by atoms with Gasteiger partial charge < -0.3 is 0 Å². The van der Waals surface area contributed by atoms with Crippen molar-refractivity contribution in [2.24, 2.45) is 10.8 Å². The first-order chi connectivity index (χ1) is 6.70. The fourth-order valence-corrected chi connectivity index (χ4v) is 0.719. The maximum absolute atomic E-state index is 12.2. The Labute approximate surface area is 86.7 Å². The molecule has 0 aromatic heterocycles. The molecule has 0 rings (SSSR count). The molecule has 0 radical (unpaired) electrons. The number of hydrazine groups is 1. The zero-order chi connectivity index (χ0) is 12.2. The molecule has 3 nitrogen and oxygen atoms in total. The van der Waals surface area contributed by atoms with Crippen molar-refractivity contribution in [2.75, 3.05) is 7.05 Å². The van der Waals surface area contributed by atoms with E-state index in [1.807, 2.05) is 0 Å². The van der Waals surface area contributed by atoms with Gasteiger partial charge in [-0.25, -0.2) is 5.84 Å². The number of alkyl halides is 3. The van der Waals surface area contributed by atoms with Crippen molar-refractivity contribution in [3.63, 3.8) is 0 Å². The number of halogens is 3. The Bertz CT molecular complexity index is 302. The van der Waals surface area contributed by atoms with Crippen LogP contribution in [0.15, 0.2) is 28.9 Å². The first-order valence-electron chi connectivity index (χ1n) is 4.12. The molecule has 0 unspecified atom stereocenters. The first kappa shape index (κ1) is 13.7. The minimum absolute atomic E-state index is 0.0481. The van der Waals surface area contributed by atoms with Crippen molar-refractivity contribution < 1.29 is 13.2 Å². The third-order valence-corrected chi connectivity index (χ3v) is 1.85. The Morgan fingerprint density at radius 3 is 2.20 bits per heavy atom. The molecule has 0 heterocycles. The van der Waals surface area contributed by atoms with Crippen LogP contribution < -0.4 is 5.84 Å². The zero-order valence-corrected chi connectivity index (χ0v) is 8.89. The minimum Gasteiger partial charge on any atom is -0.275 e. The van der Waals surface area contributed by atoms with Crippen molar-refractivity contribution in [3.05, 3.63) is 23.9 Å². The zero-order valence-electron chi connectivity index (χ0n) is 8.89. The number of nitrogens with zero attached hydrogens (tertiary/aromatic N) is 2. The van der Waals surface area contributed by atoms with Crippen LogP contribution in [0, 0.1) is 0 Å². The van der Waals surface area contributed by atoms with Crippen LogP contribution in [0.4, 0.5) is 13.2 Å². The Hall–Kier alpha value is -1.30. The fraction of sp³-hybridized carbons (Fsp3) is 0.444. The van der Waals surface area contributed by atoms with Crippen LogP contribution in [0.1, 0.15) is 13.8 Å². The molecule has 0 spiro atoms.